The Bertz CT molecular complexity index is 866. The number of nitrogens with zero attached hydrogens (tertiary/aromatic N) is 2. The number of nitrogens with one attached hydrogen (secondary N) is 1. The zero-order valence-electron chi connectivity index (χ0n) is 14.5. The largest absolute Gasteiger partial charge is 0.496 e. The Morgan fingerprint density at radius 3 is 2.48 bits per heavy atom. The van der Waals surface area contributed by atoms with Crippen molar-refractivity contribution in [1.82, 2.24) is 14.9 Å². The summed E-state index contributed by atoms with van der Waals surface area (Å²) in [6.07, 6.45) is 1.69. The van der Waals surface area contributed by atoms with Crippen LogP contribution >= 0.6 is 0 Å². The number of aromatic nitrogens is 2. The van der Waals surface area contributed by atoms with Crippen molar-refractivity contribution in [2.75, 3.05) is 14.2 Å². The first kappa shape index (κ1) is 16.8. The fourth-order valence-electron chi connectivity index (χ4n) is 2.84. The molecule has 1 N–H and O–H groups in total. The molecule has 25 heavy (non-hydrogen) atoms. The summed E-state index contributed by atoms with van der Waals surface area (Å²) in [4.78, 5) is 17.0. The summed E-state index contributed by atoms with van der Waals surface area (Å²) in [5.41, 5.74) is 2.61. The van der Waals surface area contributed by atoms with Gasteiger partial charge in [-0.2, -0.15) is 0 Å². The summed E-state index contributed by atoms with van der Waals surface area (Å²) in [5.74, 6) is 1.26. The number of benzene rings is 2. The van der Waals surface area contributed by atoms with E-state index < -0.39 is 0 Å². The molecule has 3 rings (SSSR count). The second-order valence-corrected chi connectivity index (χ2v) is 5.68. The molecule has 1 aromatic heterocycles. The van der Waals surface area contributed by atoms with Crippen LogP contribution in [0.2, 0.25) is 0 Å². The molecule has 0 spiro atoms. The molecule has 0 fully saturated rings. The number of para-hydroxylation sites is 2. The number of methoxy groups -OCH3 is 2. The second-order valence-electron chi connectivity index (χ2n) is 5.68. The van der Waals surface area contributed by atoms with E-state index in [1.807, 2.05) is 54.0 Å². The smallest absolute Gasteiger partial charge is 0.243 e. The van der Waals surface area contributed by atoms with Gasteiger partial charge in [-0.1, -0.05) is 18.2 Å². The van der Waals surface area contributed by atoms with E-state index in [0.29, 0.717) is 18.0 Å². The molecule has 0 aliphatic heterocycles. The number of imidazole rings is 1. The molecule has 0 aliphatic carbocycles. The molecule has 0 radical (unpaired) electrons. The van der Waals surface area contributed by atoms with Crippen LogP contribution in [0.15, 0.2) is 48.8 Å². The minimum Gasteiger partial charge on any atom is -0.496 e. The van der Waals surface area contributed by atoms with Crippen molar-refractivity contribution in [2.24, 2.45) is 0 Å². The van der Waals surface area contributed by atoms with Crippen LogP contribution in [-0.2, 0) is 11.3 Å². The number of fused-ring (bicyclic) bond motifs is 1. The third-order valence-corrected chi connectivity index (χ3v) is 4.25. The van der Waals surface area contributed by atoms with Crippen molar-refractivity contribution < 1.29 is 14.3 Å². The molecule has 1 heterocycles. The van der Waals surface area contributed by atoms with Crippen molar-refractivity contribution in [3.8, 4) is 11.5 Å². The first-order valence-electron chi connectivity index (χ1n) is 8.05. The lowest BCUT2D eigenvalue weighted by molar-refractivity contribution is -0.123. The van der Waals surface area contributed by atoms with Crippen LogP contribution in [0.1, 0.15) is 18.5 Å². The quantitative estimate of drug-likeness (QED) is 0.750. The Labute approximate surface area is 146 Å². The number of ether oxygens (including phenoxy) is 2. The molecule has 1 amide bonds. The number of amides is 1. The predicted octanol–water partition coefficient (Wildman–Crippen LogP) is 2.93. The Hall–Kier alpha value is -3.02. The third-order valence-electron chi connectivity index (χ3n) is 4.25. The van der Waals surface area contributed by atoms with Crippen LogP contribution in [0.3, 0.4) is 0 Å². The van der Waals surface area contributed by atoms with Gasteiger partial charge in [-0.15, -0.1) is 0 Å². The van der Waals surface area contributed by atoms with Crippen molar-refractivity contribution in [2.45, 2.75) is 19.5 Å². The highest BCUT2D eigenvalue weighted by molar-refractivity contribution is 5.83. The van der Waals surface area contributed by atoms with Gasteiger partial charge in [-0.05, 0) is 31.2 Å². The number of hydrogen-bond acceptors (Lipinski definition) is 4. The Kier molecular flexibility index (Phi) is 4.88. The van der Waals surface area contributed by atoms with Crippen LogP contribution in [-0.4, -0.2) is 29.7 Å². The molecular weight excluding hydrogens is 318 g/mol. The summed E-state index contributed by atoms with van der Waals surface area (Å²) in [7, 11) is 3.20. The maximum atomic E-state index is 12.6. The summed E-state index contributed by atoms with van der Waals surface area (Å²) in [5, 5.41) is 2.95. The summed E-state index contributed by atoms with van der Waals surface area (Å²) < 4.78 is 12.6. The van der Waals surface area contributed by atoms with Crippen molar-refractivity contribution >= 4 is 16.9 Å². The number of hydrogen-bond donors (Lipinski definition) is 1. The average Bonchev–Trinajstić information content (AvgIpc) is 3.09. The summed E-state index contributed by atoms with van der Waals surface area (Å²) in [6, 6.07) is 12.9. The Morgan fingerprint density at radius 2 is 1.80 bits per heavy atom. The van der Waals surface area contributed by atoms with Gasteiger partial charge in [0.05, 0.1) is 43.7 Å². The van der Waals surface area contributed by atoms with E-state index in [1.165, 1.54) is 0 Å². The third kappa shape index (κ3) is 3.28. The first-order chi connectivity index (χ1) is 12.2. The number of carbonyl (C=O) groups is 1. The van der Waals surface area contributed by atoms with Gasteiger partial charge in [0.15, 0.2) is 0 Å². The molecule has 1 unspecified atom stereocenters. The van der Waals surface area contributed by atoms with E-state index in [-0.39, 0.29) is 11.9 Å². The molecule has 6 heteroatoms. The maximum Gasteiger partial charge on any atom is 0.243 e. The van der Waals surface area contributed by atoms with E-state index in [2.05, 4.69) is 10.3 Å². The fraction of sp³-hybridized carbons (Fsp3) is 0.263. The molecule has 3 aromatic rings. The lowest BCUT2D eigenvalue weighted by Crippen LogP contribution is -2.30. The molecule has 6 nitrogen and oxygen atoms in total. The number of rotatable bonds is 6. The van der Waals surface area contributed by atoms with Crippen molar-refractivity contribution in [1.29, 1.82) is 0 Å². The lowest BCUT2D eigenvalue weighted by atomic mass is 10.1. The molecule has 0 saturated carbocycles. The topological polar surface area (TPSA) is 65.4 Å². The highest BCUT2D eigenvalue weighted by atomic mass is 16.5. The molecule has 0 aliphatic rings. The number of carbonyl (C=O) groups excluding carboxylic acids is 1. The summed E-state index contributed by atoms with van der Waals surface area (Å²) >= 11 is 0. The predicted molar refractivity (Wildman–Crippen MR) is 95.8 cm³/mol. The van der Waals surface area contributed by atoms with Crippen molar-refractivity contribution in [3.05, 3.63) is 54.4 Å². The zero-order chi connectivity index (χ0) is 17.8. The van der Waals surface area contributed by atoms with Crippen LogP contribution in [0.25, 0.3) is 11.0 Å². The Morgan fingerprint density at radius 1 is 1.12 bits per heavy atom. The van der Waals surface area contributed by atoms with E-state index in [4.69, 9.17) is 9.47 Å². The van der Waals surface area contributed by atoms with Gasteiger partial charge in [0, 0.05) is 0 Å². The average molecular weight is 339 g/mol. The minimum atomic E-state index is -0.381. The van der Waals surface area contributed by atoms with Gasteiger partial charge in [0.25, 0.3) is 0 Å². The molecule has 130 valence electrons. The molecular formula is C19H21N3O3. The standard InChI is InChI=1S/C19H21N3O3/c1-13(22-12-21-15-7-4-5-8-16(15)22)19(23)20-11-14-17(24-2)9-6-10-18(14)25-3/h4-10,12-13H,11H2,1-3H3,(H,20,23). The van der Waals surface area contributed by atoms with Gasteiger partial charge < -0.3 is 19.4 Å². The van der Waals surface area contributed by atoms with Gasteiger partial charge >= 0.3 is 0 Å². The molecule has 0 saturated heterocycles. The minimum absolute atomic E-state index is 0.101. The van der Waals surface area contributed by atoms with Gasteiger partial charge in [-0.25, -0.2) is 4.98 Å². The van der Waals surface area contributed by atoms with Crippen LogP contribution in [0.5, 0.6) is 11.5 Å². The highest BCUT2D eigenvalue weighted by Crippen LogP contribution is 2.28. The van der Waals surface area contributed by atoms with Gasteiger partial charge in [0.2, 0.25) is 5.91 Å². The lowest BCUT2D eigenvalue weighted by Gasteiger charge is -2.17. The maximum absolute atomic E-state index is 12.6. The molecule has 0 bridgehead atoms. The van der Waals surface area contributed by atoms with Crippen LogP contribution in [0, 0.1) is 0 Å². The van der Waals surface area contributed by atoms with Gasteiger partial charge in [0.1, 0.15) is 17.5 Å². The van der Waals surface area contributed by atoms with Crippen molar-refractivity contribution in [3.63, 3.8) is 0 Å². The normalized spacial score (nSPS) is 12.0. The monoisotopic (exact) mass is 339 g/mol. The molecule has 1 atom stereocenters. The van der Waals surface area contributed by atoms with E-state index >= 15 is 0 Å². The van der Waals surface area contributed by atoms with Crippen LogP contribution < -0.4 is 14.8 Å². The zero-order valence-corrected chi connectivity index (χ0v) is 14.5. The summed E-state index contributed by atoms with van der Waals surface area (Å²) in [6.45, 7) is 2.17. The Balaban J connectivity index is 1.77. The van der Waals surface area contributed by atoms with E-state index in [1.54, 1.807) is 20.5 Å². The highest BCUT2D eigenvalue weighted by Gasteiger charge is 2.18. The van der Waals surface area contributed by atoms with Gasteiger partial charge in [-0.3, -0.25) is 4.79 Å². The molecule has 2 aromatic carbocycles. The first-order valence-corrected chi connectivity index (χ1v) is 8.05. The SMILES string of the molecule is COc1cccc(OC)c1CNC(=O)C(C)n1cnc2ccccc21. The van der Waals surface area contributed by atoms with E-state index in [9.17, 15) is 4.79 Å². The van der Waals surface area contributed by atoms with Crippen LogP contribution in [0.4, 0.5) is 0 Å². The van der Waals surface area contributed by atoms with E-state index in [0.717, 1.165) is 16.6 Å². The fourth-order valence-corrected chi connectivity index (χ4v) is 2.84. The second kappa shape index (κ2) is 7.25.